The van der Waals surface area contributed by atoms with Gasteiger partial charge in [-0.25, -0.2) is 0 Å². The lowest BCUT2D eigenvalue weighted by Gasteiger charge is -2.30. The molecule has 0 aromatic heterocycles. The van der Waals surface area contributed by atoms with Crippen LogP contribution in [0, 0.1) is 0 Å². The first-order valence-electron chi connectivity index (χ1n) is 7.22. The van der Waals surface area contributed by atoms with Gasteiger partial charge in [-0.2, -0.15) is 0 Å². The fourth-order valence-electron chi connectivity index (χ4n) is 2.03. The Morgan fingerprint density at radius 3 is 2.70 bits per heavy atom. The molecule has 1 saturated heterocycles. The minimum atomic E-state index is -1.46. The van der Waals surface area contributed by atoms with Gasteiger partial charge in [0.1, 0.15) is 31.5 Å². The molecule has 3 atom stereocenters. The van der Waals surface area contributed by atoms with Gasteiger partial charge in [-0.1, -0.05) is 32.6 Å². The first-order chi connectivity index (χ1) is 9.56. The second-order valence-electron chi connectivity index (χ2n) is 5.10. The Hall–Kier alpha value is -0.980. The van der Waals surface area contributed by atoms with Gasteiger partial charge < -0.3 is 19.7 Å². The molecule has 1 rings (SSSR count). The van der Waals surface area contributed by atoms with Crippen LogP contribution in [0.4, 0.5) is 0 Å². The van der Waals surface area contributed by atoms with E-state index in [0.717, 1.165) is 25.7 Å². The van der Waals surface area contributed by atoms with E-state index in [1.165, 1.54) is 6.42 Å². The summed E-state index contributed by atoms with van der Waals surface area (Å²) in [5.41, 5.74) is 0. The lowest BCUT2D eigenvalue weighted by molar-refractivity contribution is -0.177. The van der Waals surface area contributed by atoms with Crippen molar-refractivity contribution in [3.05, 3.63) is 0 Å². The number of aliphatic hydroxyl groups excluding tert-OH is 2. The molecular formula is C14H24O6. The fraction of sp³-hybridized carbons (Fsp3) is 0.857. The lowest BCUT2D eigenvalue weighted by Crippen LogP contribution is -2.52. The molecule has 0 aromatic rings. The number of hydrogen-bond acceptors (Lipinski definition) is 6. The van der Waals surface area contributed by atoms with E-state index >= 15 is 0 Å². The second kappa shape index (κ2) is 9.05. The summed E-state index contributed by atoms with van der Waals surface area (Å²) in [6.07, 6.45) is 1.93. The number of ketones is 1. The maximum absolute atomic E-state index is 11.5. The summed E-state index contributed by atoms with van der Waals surface area (Å²) in [4.78, 5) is 22.6. The molecule has 1 fully saturated rings. The molecule has 20 heavy (non-hydrogen) atoms. The normalized spacial score (nSPS) is 26.6. The van der Waals surface area contributed by atoms with Crippen molar-refractivity contribution in [2.45, 2.75) is 63.8 Å². The van der Waals surface area contributed by atoms with Crippen LogP contribution in [0.1, 0.15) is 45.4 Å². The van der Waals surface area contributed by atoms with Crippen LogP contribution in [-0.2, 0) is 19.1 Å². The Morgan fingerprint density at radius 2 is 2.00 bits per heavy atom. The van der Waals surface area contributed by atoms with Gasteiger partial charge in [-0.3, -0.25) is 9.59 Å². The largest absolute Gasteiger partial charge is 0.463 e. The highest BCUT2D eigenvalue weighted by molar-refractivity contribution is 5.85. The monoisotopic (exact) mass is 288 g/mol. The van der Waals surface area contributed by atoms with E-state index in [9.17, 15) is 19.8 Å². The Bertz CT molecular complexity index is 317. The number of ether oxygens (including phenoxy) is 2. The molecule has 2 N–H and O–H groups in total. The van der Waals surface area contributed by atoms with Gasteiger partial charge in [-0.15, -0.1) is 0 Å². The topological polar surface area (TPSA) is 93.1 Å². The van der Waals surface area contributed by atoms with E-state index in [1.807, 2.05) is 0 Å². The van der Waals surface area contributed by atoms with Crippen molar-refractivity contribution in [3.63, 3.8) is 0 Å². The average molecular weight is 288 g/mol. The summed E-state index contributed by atoms with van der Waals surface area (Å²) >= 11 is 0. The molecule has 0 saturated carbocycles. The van der Waals surface area contributed by atoms with Gasteiger partial charge in [0.05, 0.1) is 0 Å². The van der Waals surface area contributed by atoms with E-state index in [0.29, 0.717) is 6.42 Å². The molecule has 1 aliphatic heterocycles. The highest BCUT2D eigenvalue weighted by atomic mass is 16.6. The second-order valence-corrected chi connectivity index (χ2v) is 5.10. The zero-order chi connectivity index (χ0) is 15.0. The van der Waals surface area contributed by atoms with Crippen molar-refractivity contribution in [3.8, 4) is 0 Å². The third kappa shape index (κ3) is 5.56. The van der Waals surface area contributed by atoms with Crippen molar-refractivity contribution < 1.29 is 29.3 Å². The van der Waals surface area contributed by atoms with E-state index in [1.54, 1.807) is 0 Å². The summed E-state index contributed by atoms with van der Waals surface area (Å²) in [5.74, 6) is -0.903. The number of carbonyl (C=O) groups is 2. The Kier molecular flexibility index (Phi) is 7.72. The number of Topliss-reactive ketones (excluding diaryl/α,β-unsaturated/α-hetero) is 1. The van der Waals surface area contributed by atoms with Crippen LogP contribution in [0.3, 0.4) is 0 Å². The predicted octanol–water partition coefficient (Wildman–Crippen LogP) is 0.580. The van der Waals surface area contributed by atoms with Crippen LogP contribution in [0.25, 0.3) is 0 Å². The molecule has 0 bridgehead atoms. The van der Waals surface area contributed by atoms with Gasteiger partial charge in [0.2, 0.25) is 0 Å². The Balaban J connectivity index is 2.16. The van der Waals surface area contributed by atoms with Crippen LogP contribution in [-0.4, -0.2) is 53.5 Å². The van der Waals surface area contributed by atoms with E-state index in [-0.39, 0.29) is 19.2 Å². The maximum atomic E-state index is 11.5. The number of aliphatic hydroxyl groups is 2. The molecule has 0 aliphatic carbocycles. The molecule has 0 spiro atoms. The van der Waals surface area contributed by atoms with Crippen molar-refractivity contribution >= 4 is 11.8 Å². The van der Waals surface area contributed by atoms with Crippen molar-refractivity contribution in [1.82, 2.24) is 0 Å². The summed E-state index contributed by atoms with van der Waals surface area (Å²) in [6, 6.07) is 0. The summed E-state index contributed by atoms with van der Waals surface area (Å²) in [6.45, 7) is 1.72. The Morgan fingerprint density at radius 1 is 1.30 bits per heavy atom. The maximum Gasteiger partial charge on any atom is 0.305 e. The van der Waals surface area contributed by atoms with Crippen molar-refractivity contribution in [2.75, 3.05) is 13.2 Å². The SMILES string of the molecule is CCCCCCCC(=O)OC[C@H]1OCC(=O)[C@@H](O)[C@@H]1O. The van der Waals surface area contributed by atoms with Gasteiger partial charge in [-0.05, 0) is 6.42 Å². The van der Waals surface area contributed by atoms with E-state index < -0.39 is 24.1 Å². The standard InChI is InChI=1S/C14H24O6/c1-2-3-4-5-6-7-12(16)20-9-11-14(18)13(17)10(15)8-19-11/h11,13-14,17-18H,2-9H2,1H3/t11-,13-,14-/m1/s1. The highest BCUT2D eigenvalue weighted by Gasteiger charge is 2.37. The third-order valence-corrected chi connectivity index (χ3v) is 3.37. The third-order valence-electron chi connectivity index (χ3n) is 3.37. The molecule has 1 aliphatic rings. The summed E-state index contributed by atoms with van der Waals surface area (Å²) in [5, 5.41) is 19.0. The number of rotatable bonds is 8. The number of esters is 1. The fourth-order valence-corrected chi connectivity index (χ4v) is 2.03. The van der Waals surface area contributed by atoms with Gasteiger partial charge >= 0.3 is 5.97 Å². The Labute approximate surface area is 119 Å². The highest BCUT2D eigenvalue weighted by Crippen LogP contribution is 2.13. The van der Waals surface area contributed by atoms with Gasteiger partial charge in [0.15, 0.2) is 5.78 Å². The van der Waals surface area contributed by atoms with Crippen LogP contribution in [0.2, 0.25) is 0 Å². The van der Waals surface area contributed by atoms with Crippen LogP contribution >= 0.6 is 0 Å². The van der Waals surface area contributed by atoms with Crippen molar-refractivity contribution in [2.24, 2.45) is 0 Å². The summed E-state index contributed by atoms with van der Waals surface area (Å²) in [7, 11) is 0. The lowest BCUT2D eigenvalue weighted by atomic mass is 10.0. The quantitative estimate of drug-likeness (QED) is 0.501. The van der Waals surface area contributed by atoms with Gasteiger partial charge in [0, 0.05) is 6.42 Å². The molecule has 6 heteroatoms. The van der Waals surface area contributed by atoms with E-state index in [2.05, 4.69) is 6.92 Å². The van der Waals surface area contributed by atoms with Crippen LogP contribution in [0.15, 0.2) is 0 Å². The zero-order valence-corrected chi connectivity index (χ0v) is 11.9. The summed E-state index contributed by atoms with van der Waals surface area (Å²) < 4.78 is 10.0. The first-order valence-corrected chi connectivity index (χ1v) is 7.22. The molecule has 6 nitrogen and oxygen atoms in total. The van der Waals surface area contributed by atoms with E-state index in [4.69, 9.17) is 9.47 Å². The van der Waals surface area contributed by atoms with Crippen LogP contribution < -0.4 is 0 Å². The molecule has 0 unspecified atom stereocenters. The molecule has 1 heterocycles. The number of hydrogen-bond donors (Lipinski definition) is 2. The minimum Gasteiger partial charge on any atom is -0.463 e. The average Bonchev–Trinajstić information content (AvgIpc) is 2.44. The zero-order valence-electron chi connectivity index (χ0n) is 11.9. The number of carbonyl (C=O) groups excluding carboxylic acids is 2. The van der Waals surface area contributed by atoms with Crippen molar-refractivity contribution in [1.29, 1.82) is 0 Å². The van der Waals surface area contributed by atoms with Crippen LogP contribution in [0.5, 0.6) is 0 Å². The molecule has 0 radical (unpaired) electrons. The smallest absolute Gasteiger partial charge is 0.305 e. The molecular weight excluding hydrogens is 264 g/mol. The first kappa shape index (κ1) is 17.1. The molecule has 0 aromatic carbocycles. The molecule has 116 valence electrons. The number of unbranched alkanes of at least 4 members (excludes halogenated alkanes) is 4. The minimum absolute atomic E-state index is 0.140. The predicted molar refractivity (Wildman–Crippen MR) is 71.1 cm³/mol. The van der Waals surface area contributed by atoms with Gasteiger partial charge in [0.25, 0.3) is 0 Å². The molecule has 0 amide bonds.